The summed E-state index contributed by atoms with van der Waals surface area (Å²) in [6.45, 7) is 1.13. The Labute approximate surface area is 152 Å². The van der Waals surface area contributed by atoms with Crippen molar-refractivity contribution in [1.29, 1.82) is 0 Å². The fourth-order valence-corrected chi connectivity index (χ4v) is 2.63. The van der Waals surface area contributed by atoms with Gasteiger partial charge in [0, 0.05) is 23.8 Å². The van der Waals surface area contributed by atoms with Crippen molar-refractivity contribution >= 4 is 23.2 Å². The molecule has 0 aliphatic rings. The summed E-state index contributed by atoms with van der Waals surface area (Å²) in [7, 11) is 0. The van der Waals surface area contributed by atoms with Crippen LogP contribution in [0.15, 0.2) is 78.9 Å². The zero-order valence-corrected chi connectivity index (χ0v) is 14.5. The highest BCUT2D eigenvalue weighted by atomic mass is 35.5. The van der Waals surface area contributed by atoms with Gasteiger partial charge < -0.3 is 10.6 Å². The Morgan fingerprint density at radius 3 is 2.16 bits per heavy atom. The van der Waals surface area contributed by atoms with Gasteiger partial charge in [-0.15, -0.1) is 0 Å². The molecule has 3 rings (SSSR count). The molecule has 0 unspecified atom stereocenters. The normalized spacial score (nSPS) is 10.3. The molecule has 0 aliphatic carbocycles. The minimum atomic E-state index is -0.105. The Morgan fingerprint density at radius 2 is 1.40 bits per heavy atom. The van der Waals surface area contributed by atoms with Crippen LogP contribution in [-0.4, -0.2) is 5.91 Å². The molecule has 2 N–H and O–H groups in total. The van der Waals surface area contributed by atoms with Gasteiger partial charge in [-0.25, -0.2) is 0 Å². The molecule has 25 heavy (non-hydrogen) atoms. The molecule has 0 fully saturated rings. The largest absolute Gasteiger partial charge is 0.380 e. The maximum absolute atomic E-state index is 12.5. The predicted molar refractivity (Wildman–Crippen MR) is 103 cm³/mol. The first-order chi connectivity index (χ1) is 12.2. The predicted octanol–water partition coefficient (Wildman–Crippen LogP) is 4.88. The maximum Gasteiger partial charge on any atom is 0.253 e. The van der Waals surface area contributed by atoms with Crippen LogP contribution in [0.2, 0.25) is 5.02 Å². The lowest BCUT2D eigenvalue weighted by atomic mass is 10.1. The van der Waals surface area contributed by atoms with Gasteiger partial charge in [0.25, 0.3) is 5.91 Å². The molecule has 1 amide bonds. The van der Waals surface area contributed by atoms with Gasteiger partial charge in [-0.3, -0.25) is 4.79 Å². The number of rotatable bonds is 6. The molecule has 0 atom stereocenters. The lowest BCUT2D eigenvalue weighted by Gasteiger charge is -2.12. The summed E-state index contributed by atoms with van der Waals surface area (Å²) in [6, 6.07) is 25.1. The summed E-state index contributed by atoms with van der Waals surface area (Å²) in [6.07, 6.45) is 0. The van der Waals surface area contributed by atoms with E-state index in [4.69, 9.17) is 11.6 Å². The molecule has 3 aromatic carbocycles. The van der Waals surface area contributed by atoms with Crippen LogP contribution >= 0.6 is 11.6 Å². The van der Waals surface area contributed by atoms with E-state index < -0.39 is 0 Å². The molecule has 3 nitrogen and oxygen atoms in total. The van der Waals surface area contributed by atoms with Gasteiger partial charge >= 0.3 is 0 Å². The Hall–Kier alpha value is -2.78. The number of hydrogen-bond acceptors (Lipinski definition) is 2. The monoisotopic (exact) mass is 350 g/mol. The Morgan fingerprint density at radius 1 is 0.760 bits per heavy atom. The number of carbonyl (C=O) groups excluding carboxylic acids is 1. The second-order valence-corrected chi connectivity index (χ2v) is 6.13. The van der Waals surface area contributed by atoms with Gasteiger partial charge in [0.1, 0.15) is 0 Å². The quantitative estimate of drug-likeness (QED) is 0.665. The van der Waals surface area contributed by atoms with E-state index in [1.54, 1.807) is 0 Å². The minimum Gasteiger partial charge on any atom is -0.380 e. The van der Waals surface area contributed by atoms with E-state index in [1.165, 1.54) is 5.56 Å². The van der Waals surface area contributed by atoms with Crippen LogP contribution in [-0.2, 0) is 13.1 Å². The number of carbonyl (C=O) groups is 1. The zero-order chi connectivity index (χ0) is 17.5. The Kier molecular flexibility index (Phi) is 5.70. The van der Waals surface area contributed by atoms with Crippen molar-refractivity contribution in [3.8, 4) is 0 Å². The molecule has 0 aliphatic heterocycles. The standard InChI is InChI=1S/C21H19ClN2O/c22-18-12-10-17(11-13-18)15-24-21(25)19-8-4-5-9-20(19)23-14-16-6-2-1-3-7-16/h1-13,23H,14-15H2,(H,24,25). The van der Waals surface area contributed by atoms with Crippen molar-refractivity contribution in [2.45, 2.75) is 13.1 Å². The van der Waals surface area contributed by atoms with E-state index >= 15 is 0 Å². The van der Waals surface area contributed by atoms with E-state index in [2.05, 4.69) is 22.8 Å². The molecule has 0 radical (unpaired) electrons. The fraction of sp³-hybridized carbons (Fsp3) is 0.0952. The highest BCUT2D eigenvalue weighted by molar-refractivity contribution is 6.30. The Balaban J connectivity index is 1.64. The first-order valence-electron chi connectivity index (χ1n) is 8.12. The number of nitrogens with one attached hydrogen (secondary N) is 2. The van der Waals surface area contributed by atoms with E-state index in [9.17, 15) is 4.79 Å². The van der Waals surface area contributed by atoms with Gasteiger partial charge in [0.2, 0.25) is 0 Å². The lowest BCUT2D eigenvalue weighted by molar-refractivity contribution is 0.0951. The van der Waals surface area contributed by atoms with Crippen molar-refractivity contribution in [3.05, 3.63) is 101 Å². The highest BCUT2D eigenvalue weighted by Crippen LogP contribution is 2.17. The molecule has 0 heterocycles. The molecule has 0 spiro atoms. The first kappa shape index (κ1) is 17.1. The molecule has 4 heteroatoms. The smallest absolute Gasteiger partial charge is 0.253 e. The lowest BCUT2D eigenvalue weighted by Crippen LogP contribution is -2.23. The summed E-state index contributed by atoms with van der Waals surface area (Å²) >= 11 is 5.88. The molecule has 0 bridgehead atoms. The van der Waals surface area contributed by atoms with Crippen molar-refractivity contribution in [2.24, 2.45) is 0 Å². The molecule has 0 saturated heterocycles. The van der Waals surface area contributed by atoms with Gasteiger partial charge in [0.15, 0.2) is 0 Å². The van der Waals surface area contributed by atoms with E-state index in [1.807, 2.05) is 66.7 Å². The van der Waals surface area contributed by atoms with Gasteiger partial charge in [0.05, 0.1) is 5.56 Å². The molecular weight excluding hydrogens is 332 g/mol. The average Bonchev–Trinajstić information content (AvgIpc) is 2.67. The summed E-state index contributed by atoms with van der Waals surface area (Å²) < 4.78 is 0. The number of hydrogen-bond donors (Lipinski definition) is 2. The number of amides is 1. The van der Waals surface area contributed by atoms with Crippen molar-refractivity contribution in [1.82, 2.24) is 5.32 Å². The van der Waals surface area contributed by atoms with Crippen molar-refractivity contribution in [2.75, 3.05) is 5.32 Å². The third-order valence-electron chi connectivity index (χ3n) is 3.86. The minimum absolute atomic E-state index is 0.105. The van der Waals surface area contributed by atoms with Gasteiger partial charge in [-0.05, 0) is 35.4 Å². The summed E-state index contributed by atoms with van der Waals surface area (Å²) in [5, 5.41) is 6.97. The molecular formula is C21H19ClN2O. The molecule has 126 valence electrons. The van der Waals surface area contributed by atoms with Crippen LogP contribution in [0.1, 0.15) is 21.5 Å². The van der Waals surface area contributed by atoms with Crippen LogP contribution in [0.5, 0.6) is 0 Å². The third-order valence-corrected chi connectivity index (χ3v) is 4.12. The van der Waals surface area contributed by atoms with Crippen molar-refractivity contribution in [3.63, 3.8) is 0 Å². The Bertz CT molecular complexity index is 832. The number of benzene rings is 3. The van der Waals surface area contributed by atoms with Gasteiger partial charge in [-0.2, -0.15) is 0 Å². The van der Waals surface area contributed by atoms with Crippen LogP contribution in [0.3, 0.4) is 0 Å². The van der Waals surface area contributed by atoms with E-state index in [-0.39, 0.29) is 5.91 Å². The number of anilines is 1. The zero-order valence-electron chi connectivity index (χ0n) is 13.7. The topological polar surface area (TPSA) is 41.1 Å². The van der Waals surface area contributed by atoms with Crippen LogP contribution in [0.4, 0.5) is 5.69 Å². The average molecular weight is 351 g/mol. The summed E-state index contributed by atoms with van der Waals surface area (Å²) in [5.74, 6) is -0.105. The highest BCUT2D eigenvalue weighted by Gasteiger charge is 2.10. The molecule has 0 saturated carbocycles. The second-order valence-electron chi connectivity index (χ2n) is 5.69. The van der Waals surface area contributed by atoms with Gasteiger partial charge in [-0.1, -0.05) is 66.2 Å². The summed E-state index contributed by atoms with van der Waals surface area (Å²) in [5.41, 5.74) is 3.62. The summed E-state index contributed by atoms with van der Waals surface area (Å²) in [4.78, 5) is 12.5. The maximum atomic E-state index is 12.5. The fourth-order valence-electron chi connectivity index (χ4n) is 2.51. The van der Waals surface area contributed by atoms with Crippen molar-refractivity contribution < 1.29 is 4.79 Å². The third kappa shape index (κ3) is 4.85. The van der Waals surface area contributed by atoms with Crippen LogP contribution in [0.25, 0.3) is 0 Å². The second kappa shape index (κ2) is 8.36. The van der Waals surface area contributed by atoms with Crippen LogP contribution < -0.4 is 10.6 Å². The number of para-hydroxylation sites is 1. The first-order valence-corrected chi connectivity index (χ1v) is 8.49. The van der Waals surface area contributed by atoms with E-state index in [0.29, 0.717) is 23.7 Å². The number of halogens is 1. The molecule has 3 aromatic rings. The van der Waals surface area contributed by atoms with E-state index in [0.717, 1.165) is 11.3 Å². The van der Waals surface area contributed by atoms with Crippen LogP contribution in [0, 0.1) is 0 Å². The molecule has 0 aromatic heterocycles. The SMILES string of the molecule is O=C(NCc1ccc(Cl)cc1)c1ccccc1NCc1ccccc1.